The van der Waals surface area contributed by atoms with Gasteiger partial charge in [-0.05, 0) is 31.5 Å². The first kappa shape index (κ1) is 19.8. The molecular formula is C18H17N5O3S2. The predicted octanol–water partition coefficient (Wildman–Crippen LogP) is 4.62. The number of amides is 1. The quantitative estimate of drug-likeness (QED) is 0.329. The number of para-hydroxylation sites is 1. The summed E-state index contributed by atoms with van der Waals surface area (Å²) in [5.74, 6) is -0.269. The predicted molar refractivity (Wildman–Crippen MR) is 111 cm³/mol. The van der Waals surface area contributed by atoms with E-state index < -0.39 is 10.2 Å². The number of aryl methyl sites for hydroxylation is 1. The van der Waals surface area contributed by atoms with Gasteiger partial charge < -0.3 is 10.6 Å². The number of aromatic nitrogens is 2. The van der Waals surface area contributed by atoms with Gasteiger partial charge in [-0.15, -0.1) is 10.2 Å². The highest BCUT2D eigenvalue weighted by atomic mass is 32.2. The number of anilines is 3. The van der Waals surface area contributed by atoms with Crippen LogP contribution >= 0.6 is 23.1 Å². The van der Waals surface area contributed by atoms with Crippen molar-refractivity contribution in [2.75, 3.05) is 10.6 Å². The van der Waals surface area contributed by atoms with E-state index in [1.54, 1.807) is 13.0 Å². The van der Waals surface area contributed by atoms with E-state index in [0.717, 1.165) is 11.3 Å². The summed E-state index contributed by atoms with van der Waals surface area (Å²) in [6.07, 6.45) is 0. The highest BCUT2D eigenvalue weighted by Crippen LogP contribution is 2.31. The third kappa shape index (κ3) is 5.05. The monoisotopic (exact) mass is 415 g/mol. The maximum atomic E-state index is 12.4. The maximum absolute atomic E-state index is 12.4. The lowest BCUT2D eigenvalue weighted by atomic mass is 10.2. The Morgan fingerprint density at radius 3 is 2.75 bits per heavy atom. The summed E-state index contributed by atoms with van der Waals surface area (Å²) in [5, 5.41) is 25.2. The second-order valence-corrected chi connectivity index (χ2v) is 8.44. The van der Waals surface area contributed by atoms with Crippen molar-refractivity contribution in [2.24, 2.45) is 0 Å². The van der Waals surface area contributed by atoms with E-state index in [9.17, 15) is 14.9 Å². The first-order valence-electron chi connectivity index (χ1n) is 8.30. The van der Waals surface area contributed by atoms with E-state index in [1.165, 1.54) is 41.3 Å². The van der Waals surface area contributed by atoms with Crippen LogP contribution in [0.2, 0.25) is 0 Å². The molecule has 8 nitrogen and oxygen atoms in total. The molecule has 10 heteroatoms. The molecule has 1 heterocycles. The fourth-order valence-electron chi connectivity index (χ4n) is 2.28. The van der Waals surface area contributed by atoms with Gasteiger partial charge >= 0.3 is 0 Å². The van der Waals surface area contributed by atoms with Gasteiger partial charge in [-0.3, -0.25) is 14.9 Å². The molecule has 28 heavy (non-hydrogen) atoms. The zero-order valence-corrected chi connectivity index (χ0v) is 16.7. The number of nitrogens with one attached hydrogen (secondary N) is 2. The average molecular weight is 416 g/mol. The Morgan fingerprint density at radius 2 is 2.00 bits per heavy atom. The average Bonchev–Trinajstić information content (AvgIpc) is 3.10. The zero-order valence-electron chi connectivity index (χ0n) is 15.1. The van der Waals surface area contributed by atoms with Crippen molar-refractivity contribution in [3.05, 3.63) is 64.2 Å². The Balaban J connectivity index is 1.60. The number of carbonyl (C=O) groups is 1. The van der Waals surface area contributed by atoms with Crippen molar-refractivity contribution >= 4 is 51.2 Å². The Kier molecular flexibility index (Phi) is 6.22. The summed E-state index contributed by atoms with van der Waals surface area (Å²) in [7, 11) is 0. The molecule has 1 unspecified atom stereocenters. The molecule has 1 aromatic heterocycles. The molecule has 0 saturated heterocycles. The number of thioether (sulfide) groups is 1. The lowest BCUT2D eigenvalue weighted by molar-refractivity contribution is -0.384. The Morgan fingerprint density at radius 1 is 1.21 bits per heavy atom. The summed E-state index contributed by atoms with van der Waals surface area (Å²) >= 11 is 2.63. The van der Waals surface area contributed by atoms with Crippen molar-refractivity contribution in [1.82, 2.24) is 10.2 Å². The molecule has 0 aliphatic rings. The van der Waals surface area contributed by atoms with Crippen LogP contribution in [-0.4, -0.2) is 26.3 Å². The molecule has 3 rings (SSSR count). The second kappa shape index (κ2) is 8.81. The number of carbonyl (C=O) groups excluding carboxylic acids is 1. The standard InChI is InChI=1S/C18H17N5O3S2/c1-11-6-3-4-9-15(11)20-17-21-22-18(28-17)27-12(2)16(24)19-13-7-5-8-14(10-13)23(25)26/h3-10,12H,1-2H3,(H,19,24)(H,20,21). The Labute approximate surface area is 169 Å². The molecule has 144 valence electrons. The molecular weight excluding hydrogens is 398 g/mol. The van der Waals surface area contributed by atoms with Gasteiger partial charge in [0.05, 0.1) is 10.2 Å². The Bertz CT molecular complexity index is 1010. The number of nitrogens with zero attached hydrogens (tertiary/aromatic N) is 3. The third-order valence-corrected chi connectivity index (χ3v) is 5.79. The number of rotatable bonds is 7. The van der Waals surface area contributed by atoms with Crippen LogP contribution in [0.25, 0.3) is 0 Å². The summed E-state index contributed by atoms with van der Waals surface area (Å²) in [4.78, 5) is 22.7. The van der Waals surface area contributed by atoms with Crippen molar-refractivity contribution in [3.8, 4) is 0 Å². The van der Waals surface area contributed by atoms with Gasteiger partial charge in [0.1, 0.15) is 0 Å². The normalized spacial score (nSPS) is 11.6. The number of benzene rings is 2. The van der Waals surface area contributed by atoms with Crippen LogP contribution in [0, 0.1) is 17.0 Å². The first-order chi connectivity index (χ1) is 13.4. The number of hydrogen-bond donors (Lipinski definition) is 2. The lowest BCUT2D eigenvalue weighted by Crippen LogP contribution is -2.22. The summed E-state index contributed by atoms with van der Waals surface area (Å²) in [5.41, 5.74) is 2.35. The summed E-state index contributed by atoms with van der Waals surface area (Å²) < 4.78 is 0.651. The number of non-ortho nitro benzene ring substituents is 1. The number of nitro groups is 1. The molecule has 0 radical (unpaired) electrons. The van der Waals surface area contributed by atoms with Gasteiger partial charge in [-0.2, -0.15) is 0 Å². The van der Waals surface area contributed by atoms with Gasteiger partial charge in [0, 0.05) is 23.5 Å². The minimum Gasteiger partial charge on any atom is -0.330 e. The lowest BCUT2D eigenvalue weighted by Gasteiger charge is -2.10. The topological polar surface area (TPSA) is 110 Å². The first-order valence-corrected chi connectivity index (χ1v) is 10.00. The van der Waals surface area contributed by atoms with Crippen molar-refractivity contribution < 1.29 is 9.72 Å². The molecule has 2 N–H and O–H groups in total. The minimum absolute atomic E-state index is 0.0749. The van der Waals surface area contributed by atoms with Crippen LogP contribution in [0.5, 0.6) is 0 Å². The molecule has 0 saturated carbocycles. The highest BCUT2D eigenvalue weighted by molar-refractivity contribution is 8.02. The summed E-state index contributed by atoms with van der Waals surface area (Å²) in [6, 6.07) is 13.7. The van der Waals surface area contributed by atoms with Gasteiger partial charge in [-0.25, -0.2) is 0 Å². The van der Waals surface area contributed by atoms with Crippen molar-refractivity contribution in [2.45, 2.75) is 23.4 Å². The van der Waals surface area contributed by atoms with Crippen molar-refractivity contribution in [3.63, 3.8) is 0 Å². The van der Waals surface area contributed by atoms with E-state index in [-0.39, 0.29) is 11.6 Å². The fraction of sp³-hybridized carbons (Fsp3) is 0.167. The van der Waals surface area contributed by atoms with E-state index >= 15 is 0 Å². The highest BCUT2D eigenvalue weighted by Gasteiger charge is 2.18. The van der Waals surface area contributed by atoms with Crippen LogP contribution in [0.3, 0.4) is 0 Å². The van der Waals surface area contributed by atoms with Gasteiger partial charge in [0.2, 0.25) is 11.0 Å². The Hall–Kier alpha value is -2.98. The molecule has 0 bridgehead atoms. The molecule has 0 spiro atoms. The zero-order chi connectivity index (χ0) is 20.1. The molecule has 0 aliphatic heterocycles. The van der Waals surface area contributed by atoms with E-state index in [0.29, 0.717) is 15.2 Å². The minimum atomic E-state index is -0.502. The van der Waals surface area contributed by atoms with E-state index in [1.807, 2.05) is 31.2 Å². The van der Waals surface area contributed by atoms with Crippen LogP contribution in [0.15, 0.2) is 52.9 Å². The third-order valence-electron chi connectivity index (χ3n) is 3.76. The van der Waals surface area contributed by atoms with Crippen LogP contribution in [-0.2, 0) is 4.79 Å². The van der Waals surface area contributed by atoms with Crippen LogP contribution in [0.4, 0.5) is 22.2 Å². The van der Waals surface area contributed by atoms with Gasteiger partial charge in [-0.1, -0.05) is 47.4 Å². The smallest absolute Gasteiger partial charge is 0.271 e. The largest absolute Gasteiger partial charge is 0.330 e. The van der Waals surface area contributed by atoms with Gasteiger partial charge in [0.15, 0.2) is 4.34 Å². The molecule has 0 fully saturated rings. The molecule has 1 amide bonds. The second-order valence-electron chi connectivity index (χ2n) is 5.87. The number of nitro benzene ring substituents is 1. The van der Waals surface area contributed by atoms with E-state index in [4.69, 9.17) is 0 Å². The van der Waals surface area contributed by atoms with Crippen molar-refractivity contribution in [1.29, 1.82) is 0 Å². The van der Waals surface area contributed by atoms with Crippen LogP contribution in [0.1, 0.15) is 12.5 Å². The SMILES string of the molecule is Cc1ccccc1Nc1nnc(SC(C)C(=O)Nc2cccc([N+](=O)[O-])c2)s1. The summed E-state index contributed by atoms with van der Waals surface area (Å²) in [6.45, 7) is 3.74. The fourth-order valence-corrected chi connectivity index (χ4v) is 4.19. The van der Waals surface area contributed by atoms with Gasteiger partial charge in [0.25, 0.3) is 5.69 Å². The molecule has 3 aromatic rings. The molecule has 0 aliphatic carbocycles. The number of hydrogen-bond acceptors (Lipinski definition) is 8. The maximum Gasteiger partial charge on any atom is 0.271 e. The molecule has 2 aromatic carbocycles. The molecule has 1 atom stereocenters. The van der Waals surface area contributed by atoms with E-state index in [2.05, 4.69) is 20.8 Å². The van der Waals surface area contributed by atoms with Crippen LogP contribution < -0.4 is 10.6 Å².